The van der Waals surface area contributed by atoms with Gasteiger partial charge < -0.3 is 19.9 Å². The maximum atomic E-state index is 13.5. The van der Waals surface area contributed by atoms with Crippen molar-refractivity contribution in [3.8, 4) is 0 Å². The lowest BCUT2D eigenvalue weighted by Gasteiger charge is -2.34. The molecule has 1 fully saturated rings. The zero-order valence-corrected chi connectivity index (χ0v) is 22.0. The van der Waals surface area contributed by atoms with Crippen LogP contribution in [-0.2, 0) is 28.3 Å². The van der Waals surface area contributed by atoms with Gasteiger partial charge in [0.05, 0.1) is 43.1 Å². The van der Waals surface area contributed by atoms with Crippen molar-refractivity contribution in [1.82, 2.24) is 30.0 Å². The predicted molar refractivity (Wildman–Crippen MR) is 136 cm³/mol. The Kier molecular flexibility index (Phi) is 9.59. The molecule has 0 bridgehead atoms. The van der Waals surface area contributed by atoms with Crippen molar-refractivity contribution in [3.63, 3.8) is 0 Å². The average Bonchev–Trinajstić information content (AvgIpc) is 2.95. The second-order valence-electron chi connectivity index (χ2n) is 9.35. The van der Waals surface area contributed by atoms with Crippen LogP contribution in [0.5, 0.6) is 0 Å². The highest BCUT2D eigenvalue weighted by molar-refractivity contribution is 5.76. The summed E-state index contributed by atoms with van der Waals surface area (Å²) in [5.74, 6) is -0.0877. The molecule has 1 amide bonds. The van der Waals surface area contributed by atoms with Gasteiger partial charge in [0.2, 0.25) is 11.9 Å². The van der Waals surface area contributed by atoms with E-state index in [1.54, 1.807) is 27.0 Å². The Morgan fingerprint density at radius 1 is 1.00 bits per heavy atom. The fourth-order valence-electron chi connectivity index (χ4n) is 4.29. The lowest BCUT2D eigenvalue weighted by atomic mass is 10.1. The van der Waals surface area contributed by atoms with E-state index in [9.17, 15) is 35.9 Å². The van der Waals surface area contributed by atoms with Crippen LogP contribution in [-0.4, -0.2) is 81.4 Å². The number of rotatable bonds is 10. The molecule has 4 rings (SSSR count). The summed E-state index contributed by atoms with van der Waals surface area (Å²) in [6, 6.07) is 2.67. The summed E-state index contributed by atoms with van der Waals surface area (Å²) < 4.78 is 84.4. The van der Waals surface area contributed by atoms with Gasteiger partial charge in [0.25, 0.3) is 5.56 Å². The summed E-state index contributed by atoms with van der Waals surface area (Å²) in [7, 11) is 0. The fraction of sp³-hybridized carbons (Fsp3) is 0.440. The van der Waals surface area contributed by atoms with E-state index in [1.807, 2.05) is 0 Å². The minimum atomic E-state index is -4.92. The number of anilines is 2. The van der Waals surface area contributed by atoms with Gasteiger partial charge in [-0.3, -0.25) is 14.6 Å². The molecular formula is C25H26F6N8O3. The number of carbonyl (C=O) groups excluding carboxylic acids is 1. The number of H-pyrrole nitrogens is 1. The Morgan fingerprint density at radius 3 is 2.29 bits per heavy atom. The Labute approximate surface area is 234 Å². The van der Waals surface area contributed by atoms with Gasteiger partial charge in [0, 0.05) is 51.0 Å². The first-order valence-electron chi connectivity index (χ1n) is 12.7. The molecule has 0 spiro atoms. The molecule has 1 saturated heterocycles. The molecule has 4 heterocycles. The summed E-state index contributed by atoms with van der Waals surface area (Å²) in [4.78, 5) is 39.3. The molecule has 0 radical (unpaired) electrons. The summed E-state index contributed by atoms with van der Waals surface area (Å²) in [6.07, 6.45) is -3.86. The van der Waals surface area contributed by atoms with Crippen molar-refractivity contribution in [2.24, 2.45) is 0 Å². The Balaban J connectivity index is 1.29. The van der Waals surface area contributed by atoms with Gasteiger partial charge >= 0.3 is 12.4 Å². The highest BCUT2D eigenvalue weighted by Crippen LogP contribution is 2.32. The lowest BCUT2D eigenvalue weighted by Crippen LogP contribution is -2.49. The minimum absolute atomic E-state index is 0.000875. The van der Waals surface area contributed by atoms with E-state index in [0.717, 1.165) is 11.8 Å². The van der Waals surface area contributed by atoms with Crippen LogP contribution in [0.2, 0.25) is 0 Å². The van der Waals surface area contributed by atoms with E-state index >= 15 is 0 Å². The molecule has 3 aromatic heterocycles. The maximum Gasteiger partial charge on any atom is 0.423 e. The highest BCUT2D eigenvalue weighted by atomic mass is 19.4. The number of nitrogens with zero attached hydrogens (tertiary/aromatic N) is 6. The van der Waals surface area contributed by atoms with Gasteiger partial charge in [-0.25, -0.2) is 15.1 Å². The molecule has 3 aromatic rings. The number of pyridine rings is 1. The Bertz CT molecular complexity index is 1380. The van der Waals surface area contributed by atoms with E-state index in [0.29, 0.717) is 38.6 Å². The van der Waals surface area contributed by atoms with E-state index in [1.165, 1.54) is 12.4 Å². The molecule has 0 aromatic carbocycles. The zero-order valence-electron chi connectivity index (χ0n) is 22.0. The van der Waals surface area contributed by atoms with Gasteiger partial charge in [-0.1, -0.05) is 0 Å². The molecular weight excluding hydrogens is 574 g/mol. The summed E-state index contributed by atoms with van der Waals surface area (Å²) in [5.41, 5.74) is -3.49. The van der Waals surface area contributed by atoms with E-state index in [-0.39, 0.29) is 37.9 Å². The lowest BCUT2D eigenvalue weighted by molar-refractivity contribution is -0.139. The van der Waals surface area contributed by atoms with E-state index < -0.39 is 40.8 Å². The number of carbonyl (C=O) groups is 1. The molecule has 2 N–H and O–H groups in total. The molecule has 1 aliphatic heterocycles. The van der Waals surface area contributed by atoms with Crippen molar-refractivity contribution < 1.29 is 35.9 Å². The number of hydrogen-bond acceptors (Lipinski definition) is 9. The van der Waals surface area contributed by atoms with Gasteiger partial charge in [0.1, 0.15) is 5.56 Å². The first-order chi connectivity index (χ1) is 19.9. The van der Waals surface area contributed by atoms with Crippen molar-refractivity contribution in [2.45, 2.75) is 31.2 Å². The Morgan fingerprint density at radius 2 is 1.67 bits per heavy atom. The van der Waals surface area contributed by atoms with Gasteiger partial charge in [-0.15, -0.1) is 0 Å². The van der Waals surface area contributed by atoms with Crippen LogP contribution < -0.4 is 15.8 Å². The van der Waals surface area contributed by atoms with Crippen molar-refractivity contribution in [3.05, 3.63) is 70.2 Å². The number of halogens is 6. The number of aromatic nitrogens is 5. The topological polar surface area (TPSA) is 129 Å². The van der Waals surface area contributed by atoms with Crippen LogP contribution in [0.15, 0.2) is 47.9 Å². The third kappa shape index (κ3) is 8.14. The van der Waals surface area contributed by atoms with Gasteiger partial charge in [-0.2, -0.15) is 31.4 Å². The minimum Gasteiger partial charge on any atom is -0.379 e. The standard InChI is InChI=1S/C25H26F6N8O3/c26-24(27,28)17-12-33-23(34-13-17)39-8-6-38(7-9-39)20(40)3-10-42-15-18(11-16-1-4-32-5-2-16)36-19-14-35-37-22(41)21(19)25(29,30)31/h1-2,4-5,12-14,18H,3,6-11,15H2,(H2,36,37,41). The summed E-state index contributed by atoms with van der Waals surface area (Å²) in [5, 5.41) is 7.96. The molecule has 17 heteroatoms. The van der Waals surface area contributed by atoms with Crippen molar-refractivity contribution in [1.29, 1.82) is 0 Å². The van der Waals surface area contributed by atoms with Crippen LogP contribution in [0.4, 0.5) is 38.0 Å². The average molecular weight is 601 g/mol. The monoisotopic (exact) mass is 600 g/mol. The number of amides is 1. The molecule has 226 valence electrons. The normalized spacial score (nSPS) is 15.0. The molecule has 1 atom stereocenters. The van der Waals surface area contributed by atoms with Crippen molar-refractivity contribution >= 4 is 17.5 Å². The number of hydrogen-bond donors (Lipinski definition) is 2. The predicted octanol–water partition coefficient (Wildman–Crippen LogP) is 2.77. The second-order valence-corrected chi connectivity index (χ2v) is 9.35. The number of aromatic amines is 1. The molecule has 0 saturated carbocycles. The maximum absolute atomic E-state index is 13.5. The first-order valence-corrected chi connectivity index (χ1v) is 12.7. The van der Waals surface area contributed by atoms with Crippen LogP contribution in [0.25, 0.3) is 0 Å². The number of piperazine rings is 1. The number of alkyl halides is 6. The molecule has 1 unspecified atom stereocenters. The molecule has 11 nitrogen and oxygen atoms in total. The Hall–Kier alpha value is -4.28. The number of ether oxygens (including phenoxy) is 1. The largest absolute Gasteiger partial charge is 0.423 e. The first kappa shape index (κ1) is 30.7. The fourth-order valence-corrected chi connectivity index (χ4v) is 4.29. The summed E-state index contributed by atoms with van der Waals surface area (Å²) in [6.45, 7) is 1.13. The zero-order chi connectivity index (χ0) is 30.3. The highest BCUT2D eigenvalue weighted by Gasteiger charge is 2.38. The second kappa shape index (κ2) is 13.1. The smallest absolute Gasteiger partial charge is 0.379 e. The van der Waals surface area contributed by atoms with Crippen LogP contribution in [0.3, 0.4) is 0 Å². The van der Waals surface area contributed by atoms with Crippen LogP contribution in [0.1, 0.15) is 23.1 Å². The van der Waals surface area contributed by atoms with Crippen LogP contribution in [0, 0.1) is 0 Å². The van der Waals surface area contributed by atoms with Crippen molar-refractivity contribution in [2.75, 3.05) is 49.6 Å². The van der Waals surface area contributed by atoms with E-state index in [2.05, 4.69) is 25.4 Å². The third-order valence-electron chi connectivity index (χ3n) is 6.39. The number of nitrogens with one attached hydrogen (secondary N) is 2. The summed E-state index contributed by atoms with van der Waals surface area (Å²) >= 11 is 0. The van der Waals surface area contributed by atoms with E-state index in [4.69, 9.17) is 4.74 Å². The SMILES string of the molecule is O=C(CCOCC(Cc1ccncc1)Nc1cn[nH]c(=O)c1C(F)(F)F)N1CCN(c2ncc(C(F)(F)F)cn2)CC1. The van der Waals surface area contributed by atoms with Crippen LogP contribution >= 0.6 is 0 Å². The van der Waals surface area contributed by atoms with Gasteiger partial charge in [-0.05, 0) is 24.1 Å². The third-order valence-corrected chi connectivity index (χ3v) is 6.39. The molecule has 1 aliphatic rings. The quantitative estimate of drug-likeness (QED) is 0.267. The van der Waals surface area contributed by atoms with Gasteiger partial charge in [0.15, 0.2) is 0 Å². The molecule has 42 heavy (non-hydrogen) atoms. The molecule has 0 aliphatic carbocycles.